The molecule has 138 valence electrons. The lowest BCUT2D eigenvalue weighted by molar-refractivity contribution is -0.107. The molecule has 4 unspecified atom stereocenters. The summed E-state index contributed by atoms with van der Waals surface area (Å²) in [5.41, 5.74) is 0.194. The summed E-state index contributed by atoms with van der Waals surface area (Å²) in [5.74, 6) is 1.72. The molecule has 5 nitrogen and oxygen atoms in total. The molecule has 0 amide bonds. The summed E-state index contributed by atoms with van der Waals surface area (Å²) in [4.78, 5) is 9.74. The van der Waals surface area contributed by atoms with Crippen molar-refractivity contribution in [2.45, 2.75) is 65.1 Å². The van der Waals surface area contributed by atoms with Gasteiger partial charge in [-0.05, 0) is 39.3 Å². The van der Waals surface area contributed by atoms with Crippen molar-refractivity contribution in [3.05, 3.63) is 0 Å². The van der Waals surface area contributed by atoms with E-state index < -0.39 is 0 Å². The van der Waals surface area contributed by atoms with Crippen molar-refractivity contribution in [3.63, 3.8) is 0 Å². The minimum absolute atomic E-state index is 0.194. The van der Waals surface area contributed by atoms with Gasteiger partial charge < -0.3 is 15.0 Å². The van der Waals surface area contributed by atoms with Crippen molar-refractivity contribution in [2.24, 2.45) is 16.3 Å². The molecule has 2 heterocycles. The SMILES string of the molecule is CCN=C(NC1C2CCOC2C1(C)C)N(C)CC1CCCN1CC. The lowest BCUT2D eigenvalue weighted by atomic mass is 9.57. The summed E-state index contributed by atoms with van der Waals surface area (Å²) in [6.45, 7) is 14.3. The molecule has 0 bridgehead atoms. The van der Waals surface area contributed by atoms with Crippen molar-refractivity contribution >= 4 is 5.96 Å². The van der Waals surface area contributed by atoms with Crippen LogP contribution in [0.1, 0.15) is 47.0 Å². The average Bonchev–Trinajstić information content (AvgIpc) is 3.18. The van der Waals surface area contributed by atoms with E-state index in [9.17, 15) is 0 Å². The summed E-state index contributed by atoms with van der Waals surface area (Å²) in [6, 6.07) is 1.14. The molecule has 5 heteroatoms. The summed E-state index contributed by atoms with van der Waals surface area (Å²) in [5, 5.41) is 3.80. The van der Waals surface area contributed by atoms with Crippen molar-refractivity contribution in [1.29, 1.82) is 0 Å². The number of hydrogen-bond acceptors (Lipinski definition) is 3. The highest BCUT2D eigenvalue weighted by Gasteiger charge is 2.59. The van der Waals surface area contributed by atoms with Gasteiger partial charge in [0.2, 0.25) is 0 Å². The third kappa shape index (κ3) is 3.17. The normalized spacial score (nSPS) is 35.6. The molecule has 24 heavy (non-hydrogen) atoms. The van der Waals surface area contributed by atoms with Gasteiger partial charge in [-0.1, -0.05) is 20.8 Å². The molecule has 4 atom stereocenters. The van der Waals surface area contributed by atoms with Gasteiger partial charge in [0.15, 0.2) is 5.96 Å². The predicted octanol–water partition coefficient (Wildman–Crippen LogP) is 2.18. The number of aliphatic imine (C=N–C) groups is 1. The first-order valence-electron chi connectivity index (χ1n) is 9.86. The van der Waals surface area contributed by atoms with Gasteiger partial charge >= 0.3 is 0 Å². The minimum atomic E-state index is 0.194. The average molecular weight is 337 g/mol. The van der Waals surface area contributed by atoms with Gasteiger partial charge in [0.25, 0.3) is 0 Å². The van der Waals surface area contributed by atoms with E-state index in [0.717, 1.165) is 32.2 Å². The number of rotatable bonds is 5. The van der Waals surface area contributed by atoms with Gasteiger partial charge in [-0.15, -0.1) is 0 Å². The van der Waals surface area contributed by atoms with Crippen LogP contribution in [0, 0.1) is 11.3 Å². The smallest absolute Gasteiger partial charge is 0.193 e. The fourth-order valence-electron chi connectivity index (χ4n) is 5.10. The number of nitrogens with zero attached hydrogens (tertiary/aromatic N) is 3. The Bertz CT molecular complexity index is 464. The fraction of sp³-hybridized carbons (Fsp3) is 0.947. The van der Waals surface area contributed by atoms with Crippen molar-refractivity contribution in [1.82, 2.24) is 15.1 Å². The van der Waals surface area contributed by atoms with E-state index in [1.165, 1.54) is 25.8 Å². The molecule has 1 aliphatic carbocycles. The molecule has 3 fully saturated rings. The van der Waals surface area contributed by atoms with Gasteiger partial charge in [0.1, 0.15) is 0 Å². The lowest BCUT2D eigenvalue weighted by Gasteiger charge is -2.55. The number of likely N-dealkylation sites (tertiary alicyclic amines) is 1. The van der Waals surface area contributed by atoms with Crippen LogP contribution in [0.2, 0.25) is 0 Å². The van der Waals surface area contributed by atoms with Gasteiger partial charge in [0.05, 0.1) is 6.10 Å². The van der Waals surface area contributed by atoms with E-state index in [4.69, 9.17) is 9.73 Å². The molecule has 3 rings (SSSR count). The van der Waals surface area contributed by atoms with E-state index in [0.29, 0.717) is 24.1 Å². The maximum absolute atomic E-state index is 5.94. The van der Waals surface area contributed by atoms with E-state index in [2.05, 4.69) is 49.9 Å². The Labute approximate surface area is 147 Å². The first-order chi connectivity index (χ1) is 11.5. The second-order valence-electron chi connectivity index (χ2n) is 8.29. The topological polar surface area (TPSA) is 40.1 Å². The zero-order chi connectivity index (χ0) is 17.3. The van der Waals surface area contributed by atoms with Crippen LogP contribution in [0.5, 0.6) is 0 Å². The van der Waals surface area contributed by atoms with E-state index >= 15 is 0 Å². The van der Waals surface area contributed by atoms with Crippen LogP contribution in [0.3, 0.4) is 0 Å². The van der Waals surface area contributed by atoms with Crippen molar-refractivity contribution < 1.29 is 4.74 Å². The first kappa shape index (κ1) is 18.0. The van der Waals surface area contributed by atoms with Gasteiger partial charge in [-0.2, -0.15) is 0 Å². The summed E-state index contributed by atoms with van der Waals surface area (Å²) >= 11 is 0. The monoisotopic (exact) mass is 336 g/mol. The number of nitrogens with one attached hydrogen (secondary N) is 1. The number of likely N-dealkylation sites (N-methyl/N-ethyl adjacent to an activating group) is 2. The number of hydrogen-bond donors (Lipinski definition) is 1. The molecule has 0 aromatic carbocycles. The molecule has 2 saturated heterocycles. The highest BCUT2D eigenvalue weighted by molar-refractivity contribution is 5.80. The number of guanidine groups is 1. The zero-order valence-electron chi connectivity index (χ0n) is 16.2. The van der Waals surface area contributed by atoms with E-state index in [1.54, 1.807) is 0 Å². The quantitative estimate of drug-likeness (QED) is 0.617. The fourth-order valence-corrected chi connectivity index (χ4v) is 5.10. The third-order valence-corrected chi connectivity index (χ3v) is 6.44. The minimum Gasteiger partial charge on any atom is -0.377 e. The molecule has 0 aromatic heterocycles. The third-order valence-electron chi connectivity index (χ3n) is 6.44. The van der Waals surface area contributed by atoms with Crippen LogP contribution in [-0.4, -0.2) is 73.8 Å². The van der Waals surface area contributed by atoms with Crippen LogP contribution in [-0.2, 0) is 4.74 Å². The molecule has 0 aromatic rings. The summed E-state index contributed by atoms with van der Waals surface area (Å²) in [7, 11) is 2.20. The van der Waals surface area contributed by atoms with Crippen LogP contribution in [0.15, 0.2) is 4.99 Å². The Kier molecular flexibility index (Phi) is 5.40. The second kappa shape index (κ2) is 7.20. The highest BCUT2D eigenvalue weighted by atomic mass is 16.5. The van der Waals surface area contributed by atoms with Crippen LogP contribution in [0.25, 0.3) is 0 Å². The van der Waals surface area contributed by atoms with Crippen LogP contribution in [0.4, 0.5) is 0 Å². The number of fused-ring (bicyclic) bond motifs is 1. The van der Waals surface area contributed by atoms with Crippen molar-refractivity contribution in [3.8, 4) is 0 Å². The Hall–Kier alpha value is -0.810. The Morgan fingerprint density at radius 3 is 2.83 bits per heavy atom. The van der Waals surface area contributed by atoms with Gasteiger partial charge in [-0.25, -0.2) is 0 Å². The molecule has 1 N–H and O–H groups in total. The molecule has 1 saturated carbocycles. The van der Waals surface area contributed by atoms with Crippen LogP contribution < -0.4 is 5.32 Å². The Morgan fingerprint density at radius 2 is 2.12 bits per heavy atom. The van der Waals surface area contributed by atoms with E-state index in [-0.39, 0.29) is 5.41 Å². The molecule has 0 spiro atoms. The zero-order valence-corrected chi connectivity index (χ0v) is 16.2. The Balaban J connectivity index is 1.63. The van der Waals surface area contributed by atoms with E-state index in [1.807, 2.05) is 0 Å². The van der Waals surface area contributed by atoms with Crippen LogP contribution >= 0.6 is 0 Å². The molecular weight excluding hydrogens is 300 g/mol. The van der Waals surface area contributed by atoms with Crippen molar-refractivity contribution in [2.75, 3.05) is 39.8 Å². The molecule has 2 aliphatic heterocycles. The maximum atomic E-state index is 5.94. The second-order valence-corrected chi connectivity index (χ2v) is 8.29. The summed E-state index contributed by atoms with van der Waals surface area (Å²) in [6.07, 6.45) is 4.25. The maximum Gasteiger partial charge on any atom is 0.193 e. The largest absolute Gasteiger partial charge is 0.377 e. The number of ether oxygens (including phenoxy) is 1. The lowest BCUT2D eigenvalue weighted by Crippen LogP contribution is -2.68. The molecule has 3 aliphatic rings. The first-order valence-corrected chi connectivity index (χ1v) is 9.86. The Morgan fingerprint density at radius 1 is 1.33 bits per heavy atom. The molecule has 0 radical (unpaired) electrons. The van der Waals surface area contributed by atoms with Gasteiger partial charge in [-0.3, -0.25) is 9.89 Å². The highest BCUT2D eigenvalue weighted by Crippen LogP contribution is 2.52. The molecular formula is C19H36N4O. The summed E-state index contributed by atoms with van der Waals surface area (Å²) < 4.78 is 5.94. The standard InChI is InChI=1S/C19H36N4O/c1-6-20-18(22(5)13-14-9-8-11-23(14)7-2)21-16-15-10-12-24-17(15)19(16,3)4/h14-17H,6-13H2,1-5H3,(H,20,21). The van der Waals surface area contributed by atoms with Gasteiger partial charge in [0, 0.05) is 50.2 Å². The predicted molar refractivity (Wildman–Crippen MR) is 99.4 cm³/mol.